The Hall–Kier alpha value is -2.01. The molecule has 5 heteroatoms. The van der Waals surface area contributed by atoms with E-state index in [9.17, 15) is 4.79 Å². The van der Waals surface area contributed by atoms with Gasteiger partial charge >= 0.3 is 0 Å². The van der Waals surface area contributed by atoms with E-state index in [1.165, 1.54) is 0 Å². The summed E-state index contributed by atoms with van der Waals surface area (Å²) in [6.45, 7) is 4.18. The Kier molecular flexibility index (Phi) is 6.47. The summed E-state index contributed by atoms with van der Waals surface area (Å²) in [5.74, 6) is 1.43. The second kappa shape index (κ2) is 8.58. The summed E-state index contributed by atoms with van der Waals surface area (Å²) in [6.07, 6.45) is 6.10. The molecule has 2 rings (SSSR count). The van der Waals surface area contributed by atoms with Crippen LogP contribution in [0.5, 0.6) is 11.5 Å². The Balaban J connectivity index is 2.00. The number of hydrogen-bond acceptors (Lipinski definition) is 4. The van der Waals surface area contributed by atoms with Gasteiger partial charge in [-0.25, -0.2) is 0 Å². The molecule has 1 aliphatic heterocycles. The molecule has 1 aromatic rings. The number of carbonyl (C=O) groups is 1. The lowest BCUT2D eigenvalue weighted by Gasteiger charge is -2.29. The van der Waals surface area contributed by atoms with Gasteiger partial charge in [0.05, 0.1) is 13.7 Å². The fourth-order valence-electron chi connectivity index (χ4n) is 2.51. The Morgan fingerprint density at radius 2 is 2.09 bits per heavy atom. The van der Waals surface area contributed by atoms with E-state index in [1.54, 1.807) is 13.2 Å². The number of carbonyl (C=O) groups excluding carboxylic acids is 1. The van der Waals surface area contributed by atoms with Crippen LogP contribution in [0, 0.1) is 0 Å². The van der Waals surface area contributed by atoms with Crippen molar-refractivity contribution >= 4 is 12.0 Å². The molecule has 23 heavy (non-hydrogen) atoms. The normalized spacial score (nSPS) is 15.9. The van der Waals surface area contributed by atoms with Crippen LogP contribution >= 0.6 is 0 Å². The number of methoxy groups -OCH3 is 1. The van der Waals surface area contributed by atoms with Crippen LogP contribution < -0.4 is 15.2 Å². The molecule has 0 radical (unpaired) electrons. The summed E-state index contributed by atoms with van der Waals surface area (Å²) >= 11 is 0. The molecule has 0 aliphatic carbocycles. The van der Waals surface area contributed by atoms with E-state index in [0.29, 0.717) is 12.4 Å². The summed E-state index contributed by atoms with van der Waals surface area (Å²) in [7, 11) is 1.61. The van der Waals surface area contributed by atoms with Crippen molar-refractivity contribution in [2.24, 2.45) is 5.73 Å². The summed E-state index contributed by atoms with van der Waals surface area (Å²) < 4.78 is 11.0. The lowest BCUT2D eigenvalue weighted by molar-refractivity contribution is -0.126. The third kappa shape index (κ3) is 4.99. The van der Waals surface area contributed by atoms with E-state index in [4.69, 9.17) is 15.2 Å². The zero-order valence-corrected chi connectivity index (χ0v) is 14.0. The number of benzene rings is 1. The molecule has 0 unspecified atom stereocenters. The molecule has 0 bridgehead atoms. The molecule has 0 atom stereocenters. The molecule has 126 valence electrons. The topological polar surface area (TPSA) is 64.8 Å². The van der Waals surface area contributed by atoms with Gasteiger partial charge in [0.25, 0.3) is 0 Å². The standard InChI is InChI=1S/C18H26N2O3/c1-3-12-23-16-6-4-14(13-17(16)22-2)5-7-18(21)20-10-8-15(19)9-11-20/h4-7,13,15H,3,8-12,19H2,1-2H3/b7-5+. The minimum absolute atomic E-state index is 0.0298. The minimum atomic E-state index is 0.0298. The van der Waals surface area contributed by atoms with Gasteiger partial charge in [-0.2, -0.15) is 0 Å². The number of nitrogens with two attached hydrogens (primary N) is 1. The van der Waals surface area contributed by atoms with Gasteiger partial charge in [-0.15, -0.1) is 0 Å². The van der Waals surface area contributed by atoms with Gasteiger partial charge in [-0.05, 0) is 43.0 Å². The molecule has 1 heterocycles. The van der Waals surface area contributed by atoms with E-state index < -0.39 is 0 Å². The monoisotopic (exact) mass is 318 g/mol. The summed E-state index contributed by atoms with van der Waals surface area (Å²) in [6, 6.07) is 5.89. The van der Waals surface area contributed by atoms with Crippen molar-refractivity contribution in [1.82, 2.24) is 4.90 Å². The molecule has 1 aliphatic rings. The first-order valence-electron chi connectivity index (χ1n) is 8.17. The highest BCUT2D eigenvalue weighted by atomic mass is 16.5. The molecular formula is C18H26N2O3. The van der Waals surface area contributed by atoms with Gasteiger partial charge < -0.3 is 20.1 Å². The van der Waals surface area contributed by atoms with Gasteiger partial charge in [0, 0.05) is 25.2 Å². The molecule has 1 fully saturated rings. The highest BCUT2D eigenvalue weighted by Gasteiger charge is 2.18. The predicted molar refractivity (Wildman–Crippen MR) is 91.6 cm³/mol. The van der Waals surface area contributed by atoms with E-state index >= 15 is 0 Å². The lowest BCUT2D eigenvalue weighted by atomic mass is 10.1. The van der Waals surface area contributed by atoms with Gasteiger partial charge in [0.1, 0.15) is 0 Å². The highest BCUT2D eigenvalue weighted by Crippen LogP contribution is 2.28. The number of rotatable bonds is 6. The van der Waals surface area contributed by atoms with Crippen molar-refractivity contribution in [2.75, 3.05) is 26.8 Å². The van der Waals surface area contributed by atoms with E-state index in [1.807, 2.05) is 29.2 Å². The van der Waals surface area contributed by atoms with Crippen molar-refractivity contribution in [2.45, 2.75) is 32.2 Å². The lowest BCUT2D eigenvalue weighted by Crippen LogP contribution is -2.42. The fourth-order valence-corrected chi connectivity index (χ4v) is 2.51. The van der Waals surface area contributed by atoms with Crippen molar-refractivity contribution in [3.63, 3.8) is 0 Å². The van der Waals surface area contributed by atoms with E-state index in [2.05, 4.69) is 6.92 Å². The largest absolute Gasteiger partial charge is 0.493 e. The number of amides is 1. The molecule has 0 aromatic heterocycles. The number of piperidine rings is 1. The first kappa shape index (κ1) is 17.3. The molecule has 2 N–H and O–H groups in total. The summed E-state index contributed by atoms with van der Waals surface area (Å²) in [4.78, 5) is 14.0. The smallest absolute Gasteiger partial charge is 0.246 e. The SMILES string of the molecule is CCCOc1ccc(/C=C/C(=O)N2CCC(N)CC2)cc1OC. The summed E-state index contributed by atoms with van der Waals surface area (Å²) in [5.41, 5.74) is 6.77. The Labute approximate surface area is 138 Å². The number of ether oxygens (including phenoxy) is 2. The predicted octanol–water partition coefficient (Wildman–Crippen LogP) is 2.45. The number of nitrogens with zero attached hydrogens (tertiary/aromatic N) is 1. The Morgan fingerprint density at radius 1 is 1.35 bits per heavy atom. The first-order valence-corrected chi connectivity index (χ1v) is 8.17. The van der Waals surface area contributed by atoms with Crippen molar-refractivity contribution in [3.05, 3.63) is 29.8 Å². The Bertz CT molecular complexity index is 549. The van der Waals surface area contributed by atoms with Crippen molar-refractivity contribution < 1.29 is 14.3 Å². The molecule has 0 spiro atoms. The van der Waals surface area contributed by atoms with Crippen molar-refractivity contribution in [3.8, 4) is 11.5 Å². The number of hydrogen-bond donors (Lipinski definition) is 1. The second-order valence-electron chi connectivity index (χ2n) is 5.75. The third-order valence-electron chi connectivity index (χ3n) is 3.92. The molecular weight excluding hydrogens is 292 g/mol. The fraction of sp³-hybridized carbons (Fsp3) is 0.500. The van der Waals surface area contributed by atoms with Crippen LogP contribution in [-0.2, 0) is 4.79 Å². The molecule has 1 saturated heterocycles. The van der Waals surface area contributed by atoms with Crippen molar-refractivity contribution in [1.29, 1.82) is 0 Å². The van der Waals surface area contributed by atoms with E-state index in [-0.39, 0.29) is 11.9 Å². The van der Waals surface area contributed by atoms with Gasteiger partial charge in [0.2, 0.25) is 5.91 Å². The average molecular weight is 318 g/mol. The van der Waals surface area contributed by atoms with Crippen LogP contribution in [-0.4, -0.2) is 43.7 Å². The zero-order chi connectivity index (χ0) is 16.7. The maximum Gasteiger partial charge on any atom is 0.246 e. The van der Waals surface area contributed by atoms with Crippen LogP contribution in [0.1, 0.15) is 31.7 Å². The van der Waals surface area contributed by atoms with Gasteiger partial charge in [0.15, 0.2) is 11.5 Å². The maximum absolute atomic E-state index is 12.2. The van der Waals surface area contributed by atoms with Crippen LogP contribution in [0.3, 0.4) is 0 Å². The quantitative estimate of drug-likeness (QED) is 0.818. The average Bonchev–Trinajstić information content (AvgIpc) is 2.58. The van der Waals surface area contributed by atoms with Crippen LogP contribution in [0.25, 0.3) is 6.08 Å². The Morgan fingerprint density at radius 3 is 2.74 bits per heavy atom. The minimum Gasteiger partial charge on any atom is -0.493 e. The maximum atomic E-state index is 12.2. The number of likely N-dealkylation sites (tertiary alicyclic amines) is 1. The van der Waals surface area contributed by atoms with E-state index in [0.717, 1.165) is 43.7 Å². The third-order valence-corrected chi connectivity index (χ3v) is 3.92. The van der Waals surface area contributed by atoms with Gasteiger partial charge in [-0.3, -0.25) is 4.79 Å². The van der Waals surface area contributed by atoms with Crippen LogP contribution in [0.15, 0.2) is 24.3 Å². The highest BCUT2D eigenvalue weighted by molar-refractivity contribution is 5.91. The molecule has 1 amide bonds. The molecule has 1 aromatic carbocycles. The first-order chi connectivity index (χ1) is 11.1. The van der Waals surface area contributed by atoms with Crippen LogP contribution in [0.2, 0.25) is 0 Å². The molecule has 0 saturated carbocycles. The van der Waals surface area contributed by atoms with Gasteiger partial charge in [-0.1, -0.05) is 13.0 Å². The molecule has 5 nitrogen and oxygen atoms in total. The van der Waals surface area contributed by atoms with Crippen LogP contribution in [0.4, 0.5) is 0 Å². The zero-order valence-electron chi connectivity index (χ0n) is 14.0. The second-order valence-corrected chi connectivity index (χ2v) is 5.75. The summed E-state index contributed by atoms with van der Waals surface area (Å²) in [5, 5.41) is 0.